The average molecular weight is 383 g/mol. The molecule has 27 heavy (non-hydrogen) atoms. The molecule has 0 atom stereocenters. The normalized spacial score (nSPS) is 14.0. The molecule has 7 heteroatoms. The van der Waals surface area contributed by atoms with Crippen LogP contribution in [-0.2, 0) is 4.74 Å². The molecule has 0 bridgehead atoms. The standard InChI is InChI=1S/C20H19ClN4O2/c21-15-6-8-17(9-7-15)27-18-14-22-20(23-16-4-2-1-3-5-16)24-19(18)25-10-12-26-13-11-25/h1-9,14H,10-13H2,(H,22,23,24). The van der Waals surface area contributed by atoms with Gasteiger partial charge in [0.25, 0.3) is 0 Å². The van der Waals surface area contributed by atoms with Gasteiger partial charge in [0.1, 0.15) is 5.75 Å². The number of rotatable bonds is 5. The summed E-state index contributed by atoms with van der Waals surface area (Å²) >= 11 is 5.95. The number of benzene rings is 2. The highest BCUT2D eigenvalue weighted by atomic mass is 35.5. The van der Waals surface area contributed by atoms with Crippen LogP contribution in [-0.4, -0.2) is 36.3 Å². The molecule has 0 aliphatic carbocycles. The molecule has 1 saturated heterocycles. The molecular formula is C20H19ClN4O2. The number of morpholine rings is 1. The molecule has 2 aromatic carbocycles. The molecule has 0 spiro atoms. The number of nitrogens with zero attached hydrogens (tertiary/aromatic N) is 3. The predicted molar refractivity (Wildman–Crippen MR) is 106 cm³/mol. The number of hydrogen-bond donors (Lipinski definition) is 1. The van der Waals surface area contributed by atoms with Gasteiger partial charge in [0.15, 0.2) is 11.6 Å². The van der Waals surface area contributed by atoms with Crippen molar-refractivity contribution < 1.29 is 9.47 Å². The first kappa shape index (κ1) is 17.6. The Labute approximate surface area is 162 Å². The third-order valence-electron chi connectivity index (χ3n) is 4.12. The molecule has 2 heterocycles. The Bertz CT molecular complexity index is 884. The minimum Gasteiger partial charge on any atom is -0.452 e. The smallest absolute Gasteiger partial charge is 0.229 e. The van der Waals surface area contributed by atoms with Crippen molar-refractivity contribution in [2.45, 2.75) is 0 Å². The number of hydrogen-bond acceptors (Lipinski definition) is 6. The molecule has 0 amide bonds. The van der Waals surface area contributed by atoms with Crippen LogP contribution in [0.3, 0.4) is 0 Å². The molecule has 138 valence electrons. The van der Waals surface area contributed by atoms with Crippen molar-refractivity contribution in [3.05, 3.63) is 65.8 Å². The highest BCUT2D eigenvalue weighted by Crippen LogP contribution is 2.32. The monoisotopic (exact) mass is 382 g/mol. The summed E-state index contributed by atoms with van der Waals surface area (Å²) in [6.07, 6.45) is 1.69. The van der Waals surface area contributed by atoms with Crippen LogP contribution in [0.2, 0.25) is 5.02 Å². The number of nitrogens with one attached hydrogen (secondary N) is 1. The lowest BCUT2D eigenvalue weighted by atomic mass is 10.3. The van der Waals surface area contributed by atoms with Gasteiger partial charge in [-0.05, 0) is 36.4 Å². The second-order valence-electron chi connectivity index (χ2n) is 6.03. The van der Waals surface area contributed by atoms with Gasteiger partial charge in [-0.15, -0.1) is 0 Å². The Hall–Kier alpha value is -2.83. The molecule has 0 unspecified atom stereocenters. The fourth-order valence-corrected chi connectivity index (χ4v) is 2.90. The zero-order valence-corrected chi connectivity index (χ0v) is 15.4. The molecule has 0 saturated carbocycles. The average Bonchev–Trinajstić information content (AvgIpc) is 2.72. The Morgan fingerprint density at radius 3 is 2.48 bits per heavy atom. The Morgan fingerprint density at radius 1 is 1.00 bits per heavy atom. The van der Waals surface area contributed by atoms with Gasteiger partial charge < -0.3 is 19.7 Å². The van der Waals surface area contributed by atoms with Gasteiger partial charge in [0.2, 0.25) is 5.95 Å². The minimum atomic E-state index is 0.520. The predicted octanol–water partition coefficient (Wildman–Crippen LogP) is 4.50. The van der Waals surface area contributed by atoms with Crippen LogP contribution in [0.4, 0.5) is 17.5 Å². The lowest BCUT2D eigenvalue weighted by molar-refractivity contribution is 0.122. The third-order valence-corrected chi connectivity index (χ3v) is 4.37. The molecule has 1 aliphatic rings. The molecular weight excluding hydrogens is 364 g/mol. The SMILES string of the molecule is Clc1ccc(Oc2cnc(Nc3ccccc3)nc2N2CCOCC2)cc1. The van der Waals surface area contributed by atoms with Crippen molar-refractivity contribution in [1.82, 2.24) is 9.97 Å². The highest BCUT2D eigenvalue weighted by Gasteiger charge is 2.19. The van der Waals surface area contributed by atoms with Crippen molar-refractivity contribution in [2.75, 3.05) is 36.5 Å². The van der Waals surface area contributed by atoms with E-state index >= 15 is 0 Å². The fourth-order valence-electron chi connectivity index (χ4n) is 2.78. The van der Waals surface area contributed by atoms with E-state index in [4.69, 9.17) is 26.1 Å². The number of ether oxygens (including phenoxy) is 2. The minimum absolute atomic E-state index is 0.520. The van der Waals surface area contributed by atoms with Gasteiger partial charge in [-0.3, -0.25) is 0 Å². The molecule has 1 aliphatic heterocycles. The summed E-state index contributed by atoms with van der Waals surface area (Å²) in [6, 6.07) is 17.0. The van der Waals surface area contributed by atoms with Crippen LogP contribution < -0.4 is 15.0 Å². The van der Waals surface area contributed by atoms with Crippen molar-refractivity contribution in [3.63, 3.8) is 0 Å². The van der Waals surface area contributed by atoms with Crippen LogP contribution in [0.1, 0.15) is 0 Å². The van der Waals surface area contributed by atoms with Gasteiger partial charge in [-0.1, -0.05) is 29.8 Å². The first-order chi connectivity index (χ1) is 13.3. The fraction of sp³-hybridized carbons (Fsp3) is 0.200. The van der Waals surface area contributed by atoms with Gasteiger partial charge in [-0.25, -0.2) is 4.98 Å². The summed E-state index contributed by atoms with van der Waals surface area (Å²) in [5.41, 5.74) is 0.928. The van der Waals surface area contributed by atoms with E-state index in [0.29, 0.717) is 35.7 Å². The van der Waals surface area contributed by atoms with Gasteiger partial charge in [-0.2, -0.15) is 4.98 Å². The van der Waals surface area contributed by atoms with E-state index in [1.165, 1.54) is 0 Å². The number of aromatic nitrogens is 2. The zero-order chi connectivity index (χ0) is 18.5. The van der Waals surface area contributed by atoms with Gasteiger partial charge >= 0.3 is 0 Å². The van der Waals surface area contributed by atoms with E-state index in [0.717, 1.165) is 24.6 Å². The van der Waals surface area contributed by atoms with E-state index < -0.39 is 0 Å². The van der Waals surface area contributed by atoms with E-state index in [1.54, 1.807) is 18.3 Å². The number of anilines is 3. The number of para-hydroxylation sites is 1. The maximum atomic E-state index is 6.03. The molecule has 1 fully saturated rings. The van der Waals surface area contributed by atoms with Crippen LogP contribution in [0.15, 0.2) is 60.8 Å². The maximum absolute atomic E-state index is 6.03. The van der Waals surface area contributed by atoms with Crippen molar-refractivity contribution in [3.8, 4) is 11.5 Å². The topological polar surface area (TPSA) is 59.5 Å². The van der Waals surface area contributed by atoms with Crippen molar-refractivity contribution in [1.29, 1.82) is 0 Å². The third kappa shape index (κ3) is 4.48. The van der Waals surface area contributed by atoms with E-state index in [9.17, 15) is 0 Å². The molecule has 0 radical (unpaired) electrons. The highest BCUT2D eigenvalue weighted by molar-refractivity contribution is 6.30. The van der Waals surface area contributed by atoms with Crippen LogP contribution >= 0.6 is 11.6 Å². The quantitative estimate of drug-likeness (QED) is 0.701. The summed E-state index contributed by atoms with van der Waals surface area (Å²) in [4.78, 5) is 11.3. The van der Waals surface area contributed by atoms with Crippen LogP contribution in [0, 0.1) is 0 Å². The Morgan fingerprint density at radius 2 is 1.74 bits per heavy atom. The van der Waals surface area contributed by atoms with E-state index in [2.05, 4.69) is 15.2 Å². The summed E-state index contributed by atoms with van der Waals surface area (Å²) in [7, 11) is 0. The maximum Gasteiger partial charge on any atom is 0.229 e. The molecule has 1 aromatic heterocycles. The summed E-state index contributed by atoms with van der Waals surface area (Å²) < 4.78 is 11.5. The molecule has 4 rings (SSSR count). The summed E-state index contributed by atoms with van der Waals surface area (Å²) in [5, 5.41) is 3.89. The Balaban J connectivity index is 1.63. The van der Waals surface area contributed by atoms with Crippen molar-refractivity contribution in [2.24, 2.45) is 0 Å². The van der Waals surface area contributed by atoms with Gasteiger partial charge in [0, 0.05) is 23.8 Å². The van der Waals surface area contributed by atoms with E-state index in [1.807, 2.05) is 42.5 Å². The Kier molecular flexibility index (Phi) is 5.37. The second kappa shape index (κ2) is 8.24. The molecule has 6 nitrogen and oxygen atoms in total. The van der Waals surface area contributed by atoms with Crippen LogP contribution in [0.25, 0.3) is 0 Å². The molecule has 3 aromatic rings. The van der Waals surface area contributed by atoms with E-state index in [-0.39, 0.29) is 0 Å². The molecule has 1 N–H and O–H groups in total. The second-order valence-corrected chi connectivity index (χ2v) is 6.46. The zero-order valence-electron chi connectivity index (χ0n) is 14.6. The first-order valence-electron chi connectivity index (χ1n) is 8.73. The lowest BCUT2D eigenvalue weighted by Crippen LogP contribution is -2.37. The van der Waals surface area contributed by atoms with Gasteiger partial charge in [0.05, 0.1) is 19.4 Å². The summed E-state index contributed by atoms with van der Waals surface area (Å²) in [5.74, 6) is 2.53. The largest absolute Gasteiger partial charge is 0.452 e. The van der Waals surface area contributed by atoms with Crippen LogP contribution in [0.5, 0.6) is 11.5 Å². The number of halogens is 1. The summed E-state index contributed by atoms with van der Waals surface area (Å²) in [6.45, 7) is 2.81. The van der Waals surface area contributed by atoms with Crippen molar-refractivity contribution >= 4 is 29.1 Å². The first-order valence-corrected chi connectivity index (χ1v) is 9.11. The lowest BCUT2D eigenvalue weighted by Gasteiger charge is -2.29.